The molecule has 13 heteroatoms. The Hall–Kier alpha value is -4.23. The molecule has 0 spiro atoms. The highest BCUT2D eigenvalue weighted by atomic mass is 32.2. The third-order valence-electron chi connectivity index (χ3n) is 5.87. The summed E-state index contributed by atoms with van der Waals surface area (Å²) in [6.45, 7) is 1.55. The number of fused-ring (bicyclic) bond motifs is 1. The van der Waals surface area contributed by atoms with Gasteiger partial charge in [-0.2, -0.15) is 0 Å². The number of H-pyrrole nitrogens is 1. The lowest BCUT2D eigenvalue weighted by molar-refractivity contribution is 0.0946. The van der Waals surface area contributed by atoms with Crippen LogP contribution < -0.4 is 20.3 Å². The number of anilines is 1. The molecule has 39 heavy (non-hydrogen) atoms. The number of pyridine rings is 1. The molecule has 4 rings (SSSR count). The summed E-state index contributed by atoms with van der Waals surface area (Å²) in [7, 11) is -2.03. The molecule has 0 radical (unpaired) electrons. The average Bonchev–Trinajstić information content (AvgIpc) is 3.23. The lowest BCUT2D eigenvalue weighted by Crippen LogP contribution is -2.28. The second kappa shape index (κ2) is 11.3. The molecular formula is C26H26F2N4O6S. The maximum atomic E-state index is 14.4. The van der Waals surface area contributed by atoms with E-state index < -0.39 is 33.1 Å². The summed E-state index contributed by atoms with van der Waals surface area (Å²) in [5.74, 6) is -2.68. The van der Waals surface area contributed by atoms with E-state index in [9.17, 15) is 26.8 Å². The number of hydrogen-bond donors (Lipinski definition) is 4. The predicted molar refractivity (Wildman–Crippen MR) is 143 cm³/mol. The molecule has 0 aliphatic heterocycles. The third kappa shape index (κ3) is 6.10. The summed E-state index contributed by atoms with van der Waals surface area (Å²) < 4.78 is 62.1. The molecule has 10 nitrogen and oxygen atoms in total. The minimum absolute atomic E-state index is 0.0345. The van der Waals surface area contributed by atoms with Crippen LogP contribution in [0.3, 0.4) is 0 Å². The fourth-order valence-corrected chi connectivity index (χ4v) is 4.60. The number of carbonyl (C=O) groups excluding carboxylic acids is 1. The number of amides is 1. The molecule has 0 aliphatic carbocycles. The Balaban J connectivity index is 1.90. The van der Waals surface area contributed by atoms with Crippen LogP contribution in [0.25, 0.3) is 22.0 Å². The molecule has 2 aromatic heterocycles. The largest absolute Gasteiger partial charge is 0.454 e. The first-order chi connectivity index (χ1) is 18.5. The Kier molecular flexibility index (Phi) is 8.02. The van der Waals surface area contributed by atoms with Crippen LogP contribution in [0.2, 0.25) is 0 Å². The first-order valence-electron chi connectivity index (χ1n) is 11.9. The van der Waals surface area contributed by atoms with E-state index in [2.05, 4.69) is 15.0 Å². The van der Waals surface area contributed by atoms with Gasteiger partial charge in [-0.05, 0) is 49.7 Å². The van der Waals surface area contributed by atoms with Gasteiger partial charge in [-0.15, -0.1) is 0 Å². The van der Waals surface area contributed by atoms with E-state index in [-0.39, 0.29) is 52.9 Å². The molecule has 4 aromatic rings. The van der Waals surface area contributed by atoms with Crippen molar-refractivity contribution in [3.63, 3.8) is 0 Å². The number of ether oxygens (including phenoxy) is 1. The summed E-state index contributed by atoms with van der Waals surface area (Å²) in [5.41, 5.74) is 0.477. The van der Waals surface area contributed by atoms with Crippen molar-refractivity contribution < 1.29 is 31.8 Å². The molecule has 2 aromatic carbocycles. The van der Waals surface area contributed by atoms with Crippen molar-refractivity contribution in [3.05, 3.63) is 76.3 Å². The molecule has 0 saturated carbocycles. The number of benzene rings is 2. The number of aromatic amines is 1. The van der Waals surface area contributed by atoms with Gasteiger partial charge in [0.05, 0.1) is 5.75 Å². The molecule has 2 heterocycles. The Morgan fingerprint density at radius 1 is 1.10 bits per heavy atom. The van der Waals surface area contributed by atoms with Crippen molar-refractivity contribution in [1.29, 1.82) is 0 Å². The predicted octanol–water partition coefficient (Wildman–Crippen LogP) is 3.48. The molecule has 0 atom stereocenters. The monoisotopic (exact) mass is 560 g/mol. The lowest BCUT2D eigenvalue weighted by atomic mass is 10.0. The summed E-state index contributed by atoms with van der Waals surface area (Å²) in [5, 5.41) is 11.9. The van der Waals surface area contributed by atoms with Crippen molar-refractivity contribution in [2.45, 2.75) is 13.3 Å². The van der Waals surface area contributed by atoms with Crippen molar-refractivity contribution in [3.8, 4) is 22.6 Å². The molecule has 1 amide bonds. The number of aliphatic hydroxyl groups is 1. The second-order valence-electron chi connectivity index (χ2n) is 8.65. The zero-order chi connectivity index (χ0) is 28.3. The minimum Gasteiger partial charge on any atom is -0.454 e. The van der Waals surface area contributed by atoms with Crippen LogP contribution in [-0.4, -0.2) is 47.9 Å². The topological polar surface area (TPSA) is 143 Å². The quantitative estimate of drug-likeness (QED) is 0.219. The Morgan fingerprint density at radius 3 is 2.54 bits per heavy atom. The fraction of sp³-hybridized carbons (Fsp3) is 0.231. The summed E-state index contributed by atoms with van der Waals surface area (Å²) >= 11 is 0. The summed E-state index contributed by atoms with van der Waals surface area (Å²) in [6, 6.07) is 8.57. The van der Waals surface area contributed by atoms with Crippen LogP contribution in [0.5, 0.6) is 11.5 Å². The van der Waals surface area contributed by atoms with Gasteiger partial charge in [0.1, 0.15) is 22.8 Å². The second-order valence-corrected chi connectivity index (χ2v) is 10.7. The van der Waals surface area contributed by atoms with Gasteiger partial charge in [-0.1, -0.05) is 0 Å². The number of sulfonamides is 1. The van der Waals surface area contributed by atoms with Gasteiger partial charge in [0.25, 0.3) is 11.5 Å². The number of aliphatic hydroxyl groups excluding tert-OH is 1. The van der Waals surface area contributed by atoms with Gasteiger partial charge in [0, 0.05) is 54.7 Å². The number of aromatic nitrogens is 2. The van der Waals surface area contributed by atoms with Crippen molar-refractivity contribution in [2.75, 3.05) is 23.6 Å². The summed E-state index contributed by atoms with van der Waals surface area (Å²) in [6.07, 6.45) is 1.92. The average molecular weight is 561 g/mol. The van der Waals surface area contributed by atoms with E-state index in [1.807, 2.05) is 0 Å². The van der Waals surface area contributed by atoms with E-state index in [1.54, 1.807) is 13.2 Å². The van der Waals surface area contributed by atoms with Crippen LogP contribution in [0.15, 0.2) is 53.5 Å². The van der Waals surface area contributed by atoms with Gasteiger partial charge >= 0.3 is 0 Å². The van der Waals surface area contributed by atoms with Crippen LogP contribution >= 0.6 is 0 Å². The smallest absolute Gasteiger partial charge is 0.273 e. The number of carbonyl (C=O) groups is 1. The normalized spacial score (nSPS) is 11.5. The third-order valence-corrected chi connectivity index (χ3v) is 7.18. The first-order valence-corrected chi connectivity index (χ1v) is 13.6. The van der Waals surface area contributed by atoms with Crippen LogP contribution in [0.1, 0.15) is 23.8 Å². The van der Waals surface area contributed by atoms with E-state index >= 15 is 0 Å². The highest BCUT2D eigenvalue weighted by Gasteiger charge is 2.21. The summed E-state index contributed by atoms with van der Waals surface area (Å²) in [4.78, 5) is 28.1. The Labute approximate surface area is 222 Å². The van der Waals surface area contributed by atoms with Crippen molar-refractivity contribution >= 4 is 32.5 Å². The van der Waals surface area contributed by atoms with E-state index in [0.29, 0.717) is 23.4 Å². The SMILES string of the molecule is CCS(=O)(=O)Nc1ccc(Oc2ccc(F)cc2F)c(-c2cn(C)c3c(=O)[nH]c(C(=O)NCCCO)cc23)c1. The van der Waals surface area contributed by atoms with Gasteiger partial charge in [0.2, 0.25) is 10.0 Å². The van der Waals surface area contributed by atoms with Crippen molar-refractivity contribution in [2.24, 2.45) is 7.05 Å². The highest BCUT2D eigenvalue weighted by molar-refractivity contribution is 7.92. The lowest BCUT2D eigenvalue weighted by Gasteiger charge is -2.14. The molecule has 0 unspecified atom stereocenters. The number of hydrogen-bond acceptors (Lipinski definition) is 6. The molecule has 0 aliphatic rings. The number of nitrogens with one attached hydrogen (secondary N) is 3. The van der Waals surface area contributed by atoms with Crippen LogP contribution in [0.4, 0.5) is 14.5 Å². The molecule has 0 saturated heterocycles. The Bertz CT molecular complexity index is 1720. The molecule has 4 N–H and O–H groups in total. The van der Waals surface area contributed by atoms with E-state index in [0.717, 1.165) is 12.1 Å². The Morgan fingerprint density at radius 2 is 1.85 bits per heavy atom. The van der Waals surface area contributed by atoms with E-state index in [4.69, 9.17) is 9.84 Å². The fourth-order valence-electron chi connectivity index (χ4n) is 3.97. The minimum atomic E-state index is -3.65. The van der Waals surface area contributed by atoms with E-state index in [1.165, 1.54) is 35.8 Å². The van der Waals surface area contributed by atoms with Gasteiger partial charge in [-0.25, -0.2) is 17.2 Å². The van der Waals surface area contributed by atoms with Gasteiger partial charge < -0.3 is 24.7 Å². The van der Waals surface area contributed by atoms with Crippen LogP contribution in [0, 0.1) is 11.6 Å². The van der Waals surface area contributed by atoms with Crippen LogP contribution in [-0.2, 0) is 17.1 Å². The number of nitrogens with zero attached hydrogens (tertiary/aromatic N) is 1. The number of halogens is 2. The van der Waals surface area contributed by atoms with Gasteiger partial charge in [0.15, 0.2) is 11.6 Å². The zero-order valence-corrected chi connectivity index (χ0v) is 21.9. The zero-order valence-electron chi connectivity index (χ0n) is 21.0. The molecule has 0 bridgehead atoms. The standard InChI is InChI=1S/C26H26F2N4O6S/c1-3-39(36,37)31-16-6-8-22(38-23-7-5-15(27)11-20(23)28)17(12-16)19-14-32(2)24-18(19)13-21(30-26(24)35)25(34)29-9-4-10-33/h5-8,11-14,31,33H,3-4,9-10H2,1-2H3,(H,29,34)(H,30,35). The maximum Gasteiger partial charge on any atom is 0.273 e. The number of aryl methyl sites for hydroxylation is 1. The van der Waals surface area contributed by atoms with Crippen molar-refractivity contribution in [1.82, 2.24) is 14.9 Å². The first kappa shape index (κ1) is 27.8. The highest BCUT2D eigenvalue weighted by Crippen LogP contribution is 2.40. The van der Waals surface area contributed by atoms with Gasteiger partial charge in [-0.3, -0.25) is 14.3 Å². The molecule has 206 valence electrons. The number of rotatable bonds is 10. The molecule has 0 fully saturated rings. The maximum absolute atomic E-state index is 14.4. The molecular weight excluding hydrogens is 534 g/mol.